The highest BCUT2D eigenvalue weighted by atomic mass is 16.4. The van der Waals surface area contributed by atoms with E-state index in [1.54, 1.807) is 0 Å². The first kappa shape index (κ1) is 17.6. The fourth-order valence-electron chi connectivity index (χ4n) is 1.66. The molecular weight excluding hydrogens is 244 g/mol. The zero-order valence-corrected chi connectivity index (χ0v) is 11.9. The van der Waals surface area contributed by atoms with Gasteiger partial charge in [0.15, 0.2) is 0 Å². The van der Waals surface area contributed by atoms with Gasteiger partial charge in [-0.1, -0.05) is 19.1 Å². The van der Waals surface area contributed by atoms with E-state index in [2.05, 4.69) is 18.3 Å². The fourth-order valence-corrected chi connectivity index (χ4v) is 1.66. The Balaban J connectivity index is 3.69. The van der Waals surface area contributed by atoms with Crippen LogP contribution in [0.5, 0.6) is 0 Å². The van der Waals surface area contributed by atoms with E-state index in [9.17, 15) is 9.59 Å². The van der Waals surface area contributed by atoms with E-state index in [1.165, 1.54) is 0 Å². The maximum absolute atomic E-state index is 11.6. The largest absolute Gasteiger partial charge is 0.481 e. The van der Waals surface area contributed by atoms with Crippen molar-refractivity contribution in [3.05, 3.63) is 12.2 Å². The molecule has 0 radical (unpaired) electrons. The number of nitrogens with two attached hydrogens (primary N) is 1. The molecule has 2 unspecified atom stereocenters. The second-order valence-corrected chi connectivity index (χ2v) is 4.88. The number of aliphatic carboxylic acids is 1. The number of nitrogens with one attached hydrogen (secondary N) is 1. The summed E-state index contributed by atoms with van der Waals surface area (Å²) in [6.45, 7) is 4.74. The minimum atomic E-state index is -0.856. The highest BCUT2D eigenvalue weighted by Crippen LogP contribution is 2.07. The van der Waals surface area contributed by atoms with Gasteiger partial charge in [0, 0.05) is 13.0 Å². The average Bonchev–Trinajstić information content (AvgIpc) is 2.35. The lowest BCUT2D eigenvalue weighted by molar-refractivity contribution is -0.137. The molecule has 0 heterocycles. The molecule has 0 aliphatic rings. The number of carboxylic acid groups (broad SMARTS) is 1. The maximum atomic E-state index is 11.6. The SMILES string of the molecule is C/C=C\CC(C)CCNC(=O)C(N)CCCC(=O)O. The molecule has 0 saturated heterocycles. The minimum Gasteiger partial charge on any atom is -0.481 e. The Morgan fingerprint density at radius 1 is 1.37 bits per heavy atom. The molecule has 0 aromatic heterocycles. The minimum absolute atomic E-state index is 0.0569. The second kappa shape index (κ2) is 10.6. The summed E-state index contributed by atoms with van der Waals surface area (Å²) < 4.78 is 0. The van der Waals surface area contributed by atoms with E-state index in [0.717, 1.165) is 12.8 Å². The fraction of sp³-hybridized carbons (Fsp3) is 0.714. The quantitative estimate of drug-likeness (QED) is 0.527. The Hall–Kier alpha value is -1.36. The number of hydrogen-bond donors (Lipinski definition) is 3. The summed E-state index contributed by atoms with van der Waals surface area (Å²) in [7, 11) is 0. The highest BCUT2D eigenvalue weighted by molar-refractivity contribution is 5.81. The van der Waals surface area contributed by atoms with Crippen LogP contribution in [0, 0.1) is 5.92 Å². The van der Waals surface area contributed by atoms with Gasteiger partial charge in [0.05, 0.1) is 6.04 Å². The molecule has 4 N–H and O–H groups in total. The van der Waals surface area contributed by atoms with Crippen molar-refractivity contribution in [3.8, 4) is 0 Å². The summed E-state index contributed by atoms with van der Waals surface area (Å²) >= 11 is 0. The van der Waals surface area contributed by atoms with Crippen LogP contribution in [0.1, 0.15) is 46.0 Å². The van der Waals surface area contributed by atoms with E-state index in [-0.39, 0.29) is 12.3 Å². The van der Waals surface area contributed by atoms with Crippen LogP contribution in [-0.2, 0) is 9.59 Å². The highest BCUT2D eigenvalue weighted by Gasteiger charge is 2.13. The van der Waals surface area contributed by atoms with Crippen molar-refractivity contribution in [1.82, 2.24) is 5.32 Å². The molecule has 0 saturated carbocycles. The van der Waals surface area contributed by atoms with Crippen molar-refractivity contribution in [1.29, 1.82) is 0 Å². The van der Waals surface area contributed by atoms with Crippen LogP contribution in [0.4, 0.5) is 0 Å². The molecule has 0 spiro atoms. The lowest BCUT2D eigenvalue weighted by Gasteiger charge is -2.13. The Kier molecular flexibility index (Phi) is 9.80. The molecule has 0 aromatic rings. The zero-order valence-electron chi connectivity index (χ0n) is 11.9. The predicted octanol–water partition coefficient (Wildman–Crippen LogP) is 1.68. The van der Waals surface area contributed by atoms with Gasteiger partial charge in [-0.25, -0.2) is 0 Å². The van der Waals surface area contributed by atoms with Gasteiger partial charge in [-0.3, -0.25) is 9.59 Å². The Morgan fingerprint density at radius 3 is 2.63 bits per heavy atom. The molecule has 0 bridgehead atoms. The molecule has 0 aromatic carbocycles. The maximum Gasteiger partial charge on any atom is 0.303 e. The van der Waals surface area contributed by atoms with Gasteiger partial charge in [-0.15, -0.1) is 0 Å². The molecule has 110 valence electrons. The van der Waals surface area contributed by atoms with Crippen molar-refractivity contribution < 1.29 is 14.7 Å². The van der Waals surface area contributed by atoms with Crippen molar-refractivity contribution in [2.24, 2.45) is 11.7 Å². The molecular formula is C14H26N2O3. The summed E-state index contributed by atoms with van der Waals surface area (Å²) in [4.78, 5) is 22.0. The van der Waals surface area contributed by atoms with Crippen LogP contribution in [0.3, 0.4) is 0 Å². The molecule has 5 heteroatoms. The predicted molar refractivity (Wildman–Crippen MR) is 75.7 cm³/mol. The first-order chi connectivity index (χ1) is 8.97. The van der Waals surface area contributed by atoms with Crippen LogP contribution < -0.4 is 11.1 Å². The smallest absolute Gasteiger partial charge is 0.303 e. The molecule has 0 aliphatic carbocycles. The summed E-state index contributed by atoms with van der Waals surface area (Å²) in [5.41, 5.74) is 5.68. The Morgan fingerprint density at radius 2 is 2.05 bits per heavy atom. The van der Waals surface area contributed by atoms with Gasteiger partial charge in [0.25, 0.3) is 0 Å². The molecule has 19 heavy (non-hydrogen) atoms. The summed E-state index contributed by atoms with van der Waals surface area (Å²) in [5, 5.41) is 11.3. The number of hydrogen-bond acceptors (Lipinski definition) is 3. The molecule has 0 rings (SSSR count). The van der Waals surface area contributed by atoms with Crippen molar-refractivity contribution >= 4 is 11.9 Å². The number of allylic oxidation sites excluding steroid dienone is 2. The van der Waals surface area contributed by atoms with Crippen LogP contribution in [-0.4, -0.2) is 29.6 Å². The standard InChI is InChI=1S/C14H26N2O3/c1-3-4-6-11(2)9-10-16-14(19)12(15)7-5-8-13(17)18/h3-4,11-12H,5-10,15H2,1-2H3,(H,16,19)(H,17,18)/b4-3-. The van der Waals surface area contributed by atoms with Crippen molar-refractivity contribution in [2.45, 2.75) is 52.0 Å². The van der Waals surface area contributed by atoms with Crippen LogP contribution >= 0.6 is 0 Å². The zero-order chi connectivity index (χ0) is 14.7. The molecule has 2 atom stereocenters. The van der Waals surface area contributed by atoms with Gasteiger partial charge in [0.2, 0.25) is 5.91 Å². The van der Waals surface area contributed by atoms with Gasteiger partial charge < -0.3 is 16.2 Å². The van der Waals surface area contributed by atoms with Crippen molar-refractivity contribution in [2.75, 3.05) is 6.54 Å². The van der Waals surface area contributed by atoms with Gasteiger partial charge in [0.1, 0.15) is 0 Å². The van der Waals surface area contributed by atoms with Gasteiger partial charge in [-0.05, 0) is 38.5 Å². The van der Waals surface area contributed by atoms with E-state index in [4.69, 9.17) is 10.8 Å². The second-order valence-electron chi connectivity index (χ2n) is 4.88. The number of carbonyl (C=O) groups excluding carboxylic acids is 1. The van der Waals surface area contributed by atoms with E-state index < -0.39 is 12.0 Å². The van der Waals surface area contributed by atoms with E-state index in [0.29, 0.717) is 25.3 Å². The molecule has 5 nitrogen and oxygen atoms in total. The van der Waals surface area contributed by atoms with Crippen molar-refractivity contribution in [3.63, 3.8) is 0 Å². The van der Waals surface area contributed by atoms with Crippen LogP contribution in [0.25, 0.3) is 0 Å². The van der Waals surface area contributed by atoms with Crippen LogP contribution in [0.2, 0.25) is 0 Å². The van der Waals surface area contributed by atoms with Crippen LogP contribution in [0.15, 0.2) is 12.2 Å². The lowest BCUT2D eigenvalue weighted by Crippen LogP contribution is -2.41. The number of carboxylic acids is 1. The normalized spacial score (nSPS) is 14.3. The summed E-state index contributed by atoms with van der Waals surface area (Å²) in [6.07, 6.45) is 6.96. The lowest BCUT2D eigenvalue weighted by atomic mass is 10.0. The molecule has 0 aliphatic heterocycles. The monoisotopic (exact) mass is 270 g/mol. The number of rotatable bonds is 10. The Labute approximate surface area is 115 Å². The summed E-state index contributed by atoms with van der Waals surface area (Å²) in [5.74, 6) is -0.520. The molecule has 1 amide bonds. The van der Waals surface area contributed by atoms with Gasteiger partial charge >= 0.3 is 5.97 Å². The number of carbonyl (C=O) groups is 2. The third-order valence-corrected chi connectivity index (χ3v) is 2.95. The van der Waals surface area contributed by atoms with E-state index >= 15 is 0 Å². The van der Waals surface area contributed by atoms with Gasteiger partial charge in [-0.2, -0.15) is 0 Å². The Bertz CT molecular complexity index is 303. The topological polar surface area (TPSA) is 92.4 Å². The average molecular weight is 270 g/mol. The first-order valence-corrected chi connectivity index (χ1v) is 6.83. The third-order valence-electron chi connectivity index (χ3n) is 2.95. The molecule has 0 fully saturated rings. The third kappa shape index (κ3) is 10.3. The number of amides is 1. The first-order valence-electron chi connectivity index (χ1n) is 6.83. The summed E-state index contributed by atoms with van der Waals surface area (Å²) in [6, 6.07) is -0.606. The van der Waals surface area contributed by atoms with E-state index in [1.807, 2.05) is 13.0 Å².